The number of halogens is 2. The van der Waals surface area contributed by atoms with Crippen LogP contribution in [0.15, 0.2) is 12.1 Å². The van der Waals surface area contributed by atoms with Crippen molar-refractivity contribution in [2.75, 3.05) is 13.1 Å². The third-order valence-corrected chi connectivity index (χ3v) is 3.14. The highest BCUT2D eigenvalue weighted by atomic mass is 19.2. The van der Waals surface area contributed by atoms with Crippen molar-refractivity contribution in [1.29, 1.82) is 0 Å². The predicted octanol–water partition coefficient (Wildman–Crippen LogP) is 2.90. The number of amides is 1. The van der Waals surface area contributed by atoms with Crippen LogP contribution >= 0.6 is 0 Å². The van der Waals surface area contributed by atoms with Gasteiger partial charge in [0.1, 0.15) is 0 Å². The zero-order chi connectivity index (χ0) is 12.4. The van der Waals surface area contributed by atoms with Crippen molar-refractivity contribution in [3.8, 4) is 0 Å². The first-order valence-electron chi connectivity index (χ1n) is 5.84. The molecule has 0 saturated carbocycles. The number of rotatable bonds is 1. The van der Waals surface area contributed by atoms with Crippen LogP contribution < -0.4 is 0 Å². The summed E-state index contributed by atoms with van der Waals surface area (Å²) in [5, 5.41) is 0. The molecule has 1 aliphatic heterocycles. The van der Waals surface area contributed by atoms with Gasteiger partial charge in [-0.15, -0.1) is 0 Å². The molecule has 0 N–H and O–H groups in total. The van der Waals surface area contributed by atoms with Crippen LogP contribution in [-0.4, -0.2) is 23.9 Å². The second-order valence-corrected chi connectivity index (χ2v) is 4.43. The lowest BCUT2D eigenvalue weighted by atomic mass is 10.0. The minimum Gasteiger partial charge on any atom is -0.339 e. The quantitative estimate of drug-likeness (QED) is 0.738. The maximum atomic E-state index is 13.1. The molecule has 0 bridgehead atoms. The molecule has 0 spiro atoms. The van der Waals surface area contributed by atoms with Crippen LogP contribution in [0.5, 0.6) is 0 Å². The van der Waals surface area contributed by atoms with Crippen molar-refractivity contribution in [1.82, 2.24) is 4.90 Å². The molecule has 0 unspecified atom stereocenters. The third-order valence-electron chi connectivity index (χ3n) is 3.14. The number of hydrogen-bond donors (Lipinski definition) is 0. The zero-order valence-electron chi connectivity index (χ0n) is 9.80. The molecule has 1 fully saturated rings. The van der Waals surface area contributed by atoms with E-state index in [2.05, 4.69) is 0 Å². The van der Waals surface area contributed by atoms with Gasteiger partial charge in [-0.2, -0.15) is 0 Å². The minimum atomic E-state index is -0.962. The summed E-state index contributed by atoms with van der Waals surface area (Å²) in [5.41, 5.74) is 0.755. The number of aryl methyl sites for hydroxylation is 1. The topological polar surface area (TPSA) is 20.3 Å². The molecule has 1 aliphatic rings. The maximum absolute atomic E-state index is 13.1. The van der Waals surface area contributed by atoms with Gasteiger partial charge in [-0.3, -0.25) is 4.79 Å². The Morgan fingerprint density at radius 1 is 1.12 bits per heavy atom. The summed E-state index contributed by atoms with van der Waals surface area (Å²) in [6, 6.07) is 2.08. The smallest absolute Gasteiger partial charge is 0.254 e. The summed E-state index contributed by atoms with van der Waals surface area (Å²) >= 11 is 0. The van der Waals surface area contributed by atoms with Gasteiger partial charge < -0.3 is 4.90 Å². The summed E-state index contributed by atoms with van der Waals surface area (Å²) in [4.78, 5) is 13.8. The van der Waals surface area contributed by atoms with Crippen LogP contribution in [0, 0.1) is 18.6 Å². The van der Waals surface area contributed by atoms with Gasteiger partial charge in [0.05, 0.1) is 0 Å². The van der Waals surface area contributed by atoms with Gasteiger partial charge in [0.2, 0.25) is 0 Å². The van der Waals surface area contributed by atoms with E-state index in [1.165, 1.54) is 0 Å². The van der Waals surface area contributed by atoms with Crippen molar-refractivity contribution in [2.45, 2.75) is 26.2 Å². The van der Waals surface area contributed by atoms with Crippen molar-refractivity contribution >= 4 is 5.91 Å². The molecule has 2 rings (SSSR count). The van der Waals surface area contributed by atoms with Gasteiger partial charge in [0.15, 0.2) is 11.6 Å². The lowest BCUT2D eigenvalue weighted by molar-refractivity contribution is 0.0723. The van der Waals surface area contributed by atoms with Crippen LogP contribution in [-0.2, 0) is 0 Å². The van der Waals surface area contributed by atoms with Crippen molar-refractivity contribution in [2.24, 2.45) is 0 Å². The summed E-state index contributed by atoms with van der Waals surface area (Å²) in [5.74, 6) is -2.06. The van der Waals surface area contributed by atoms with Crippen LogP contribution in [0.25, 0.3) is 0 Å². The number of likely N-dealkylation sites (tertiary alicyclic amines) is 1. The van der Waals surface area contributed by atoms with E-state index >= 15 is 0 Å². The van der Waals surface area contributed by atoms with Crippen molar-refractivity contribution in [3.05, 3.63) is 34.9 Å². The number of benzene rings is 1. The van der Waals surface area contributed by atoms with E-state index in [9.17, 15) is 13.6 Å². The first-order valence-corrected chi connectivity index (χ1v) is 5.84. The number of hydrogen-bond acceptors (Lipinski definition) is 1. The standard InChI is InChI=1S/C13H15F2NO/c1-9-7-11(14)12(15)8-10(9)13(17)16-5-3-2-4-6-16/h7-8H,2-6H2,1H3. The molecule has 0 atom stereocenters. The van der Waals surface area contributed by atoms with Crippen LogP contribution in [0.3, 0.4) is 0 Å². The van der Waals surface area contributed by atoms with E-state index in [0.717, 1.165) is 31.4 Å². The van der Waals surface area contributed by atoms with E-state index in [1.807, 2.05) is 0 Å². The van der Waals surface area contributed by atoms with Crippen LogP contribution in [0.2, 0.25) is 0 Å². The summed E-state index contributed by atoms with van der Waals surface area (Å²) in [7, 11) is 0. The molecular formula is C13H15F2NO. The minimum absolute atomic E-state index is 0.193. The molecule has 1 amide bonds. The van der Waals surface area contributed by atoms with Gasteiger partial charge >= 0.3 is 0 Å². The fourth-order valence-corrected chi connectivity index (χ4v) is 2.14. The van der Waals surface area contributed by atoms with Gasteiger partial charge in [0.25, 0.3) is 5.91 Å². The molecule has 0 aromatic heterocycles. The second-order valence-electron chi connectivity index (χ2n) is 4.43. The first-order chi connectivity index (χ1) is 8.09. The monoisotopic (exact) mass is 239 g/mol. The van der Waals surface area contributed by atoms with Crippen LogP contribution in [0.1, 0.15) is 35.2 Å². The lowest BCUT2D eigenvalue weighted by Crippen LogP contribution is -2.36. The molecule has 1 aromatic rings. The third kappa shape index (κ3) is 2.46. The highest BCUT2D eigenvalue weighted by molar-refractivity contribution is 5.95. The van der Waals surface area contributed by atoms with Gasteiger partial charge in [0, 0.05) is 18.7 Å². The average molecular weight is 239 g/mol. The first kappa shape index (κ1) is 12.0. The fourth-order valence-electron chi connectivity index (χ4n) is 2.14. The molecule has 1 saturated heterocycles. The van der Waals surface area contributed by atoms with Gasteiger partial charge in [-0.05, 0) is 43.9 Å². The van der Waals surface area contributed by atoms with E-state index < -0.39 is 11.6 Å². The number of carbonyl (C=O) groups is 1. The van der Waals surface area contributed by atoms with Crippen LogP contribution in [0.4, 0.5) is 8.78 Å². The number of carbonyl (C=O) groups excluding carboxylic acids is 1. The Morgan fingerprint density at radius 3 is 2.35 bits per heavy atom. The Kier molecular flexibility index (Phi) is 3.41. The molecule has 1 heterocycles. The molecule has 0 aliphatic carbocycles. The largest absolute Gasteiger partial charge is 0.339 e. The molecule has 1 aromatic carbocycles. The van der Waals surface area contributed by atoms with E-state index in [1.54, 1.807) is 11.8 Å². The molecule has 17 heavy (non-hydrogen) atoms. The second kappa shape index (κ2) is 4.82. The number of piperidine rings is 1. The summed E-state index contributed by atoms with van der Waals surface area (Å²) in [6.45, 7) is 3.04. The molecular weight excluding hydrogens is 224 g/mol. The normalized spacial score (nSPS) is 16.1. The predicted molar refractivity (Wildman–Crippen MR) is 60.8 cm³/mol. The zero-order valence-corrected chi connectivity index (χ0v) is 9.80. The Morgan fingerprint density at radius 2 is 1.71 bits per heavy atom. The Bertz CT molecular complexity index is 439. The van der Waals surface area contributed by atoms with Gasteiger partial charge in [-0.25, -0.2) is 8.78 Å². The SMILES string of the molecule is Cc1cc(F)c(F)cc1C(=O)N1CCCCC1. The Labute approximate surface area is 99.2 Å². The average Bonchev–Trinajstić information content (AvgIpc) is 2.34. The number of nitrogens with zero attached hydrogens (tertiary/aromatic N) is 1. The molecule has 0 radical (unpaired) electrons. The van der Waals surface area contributed by atoms with Crippen molar-refractivity contribution in [3.63, 3.8) is 0 Å². The Hall–Kier alpha value is -1.45. The highest BCUT2D eigenvalue weighted by Crippen LogP contribution is 2.18. The fraction of sp³-hybridized carbons (Fsp3) is 0.462. The van der Waals surface area contributed by atoms with E-state index in [4.69, 9.17) is 0 Å². The summed E-state index contributed by atoms with van der Waals surface area (Å²) in [6.07, 6.45) is 3.09. The maximum Gasteiger partial charge on any atom is 0.254 e. The summed E-state index contributed by atoms with van der Waals surface area (Å²) < 4.78 is 26.1. The van der Waals surface area contributed by atoms with Crippen molar-refractivity contribution < 1.29 is 13.6 Å². The van der Waals surface area contributed by atoms with E-state index in [0.29, 0.717) is 18.7 Å². The van der Waals surface area contributed by atoms with E-state index in [-0.39, 0.29) is 11.5 Å². The molecule has 4 heteroatoms. The molecule has 2 nitrogen and oxygen atoms in total. The molecule has 92 valence electrons. The Balaban J connectivity index is 2.26. The highest BCUT2D eigenvalue weighted by Gasteiger charge is 2.21. The van der Waals surface area contributed by atoms with Gasteiger partial charge in [-0.1, -0.05) is 0 Å². The lowest BCUT2D eigenvalue weighted by Gasteiger charge is -2.27.